The number of rotatable bonds is 5. The highest BCUT2D eigenvalue weighted by Gasteiger charge is 2.14. The van der Waals surface area contributed by atoms with E-state index in [1.54, 1.807) is 25.3 Å². The summed E-state index contributed by atoms with van der Waals surface area (Å²) in [6.07, 6.45) is 1.67. The van der Waals surface area contributed by atoms with Crippen LogP contribution in [0.2, 0.25) is 0 Å². The minimum Gasteiger partial charge on any atom is -0.493 e. The number of allylic oxidation sites excluding steroid dienone is 1. The van der Waals surface area contributed by atoms with Crippen LogP contribution in [0.1, 0.15) is 28.8 Å². The summed E-state index contributed by atoms with van der Waals surface area (Å²) >= 11 is 1.45. The number of nitriles is 1. The average molecular weight is 381 g/mol. The van der Waals surface area contributed by atoms with E-state index < -0.39 is 0 Å². The van der Waals surface area contributed by atoms with Gasteiger partial charge in [0.05, 0.1) is 24.7 Å². The van der Waals surface area contributed by atoms with E-state index >= 15 is 0 Å². The van der Waals surface area contributed by atoms with E-state index in [-0.39, 0.29) is 17.0 Å². The van der Waals surface area contributed by atoms with Gasteiger partial charge in [0.1, 0.15) is 10.9 Å². The Morgan fingerprint density at radius 1 is 1.37 bits per heavy atom. The van der Waals surface area contributed by atoms with Crippen LogP contribution in [0.3, 0.4) is 0 Å². The summed E-state index contributed by atoms with van der Waals surface area (Å²) < 4.78 is 10.9. The number of aromatic nitrogens is 2. The third-order valence-corrected chi connectivity index (χ3v) is 5.31. The molecular weight excluding hydrogens is 362 g/mol. The minimum absolute atomic E-state index is 0.234. The first kappa shape index (κ1) is 18.7. The Balaban J connectivity index is 2.10. The molecule has 0 aliphatic rings. The molecule has 0 fully saturated rings. The molecule has 0 aliphatic heterocycles. The summed E-state index contributed by atoms with van der Waals surface area (Å²) in [7, 11) is 1.57. The van der Waals surface area contributed by atoms with Crippen LogP contribution < -0.4 is 15.0 Å². The van der Waals surface area contributed by atoms with E-state index in [2.05, 4.69) is 16.0 Å². The van der Waals surface area contributed by atoms with E-state index in [0.717, 1.165) is 16.0 Å². The van der Waals surface area contributed by atoms with Crippen molar-refractivity contribution < 1.29 is 9.47 Å². The molecule has 0 amide bonds. The van der Waals surface area contributed by atoms with Crippen molar-refractivity contribution in [2.45, 2.75) is 20.8 Å². The van der Waals surface area contributed by atoms with Gasteiger partial charge in [-0.05, 0) is 50.1 Å². The van der Waals surface area contributed by atoms with Gasteiger partial charge in [-0.2, -0.15) is 5.26 Å². The van der Waals surface area contributed by atoms with Crippen molar-refractivity contribution in [3.8, 4) is 17.6 Å². The van der Waals surface area contributed by atoms with Crippen molar-refractivity contribution in [1.82, 2.24) is 9.97 Å². The molecule has 7 heteroatoms. The van der Waals surface area contributed by atoms with Crippen LogP contribution in [-0.2, 0) is 0 Å². The Bertz CT molecular complexity index is 1140. The molecule has 0 unspecified atom stereocenters. The molecule has 1 aromatic carbocycles. The lowest BCUT2D eigenvalue weighted by Gasteiger charge is -2.10. The standard InChI is InChI=1S/C20H19N3O3S/c1-5-26-16-9-13(6-7-15(16)25-4)8-14(10-21)18-22-19(24)17-11(2)12(3)27-20(17)23-18/h6-9H,5H2,1-4H3,(H,22,23,24)/b14-8+. The van der Waals surface area contributed by atoms with Crippen molar-refractivity contribution in [3.05, 3.63) is 50.4 Å². The lowest BCUT2D eigenvalue weighted by molar-refractivity contribution is 0.311. The van der Waals surface area contributed by atoms with Crippen LogP contribution in [0.4, 0.5) is 0 Å². The number of fused-ring (bicyclic) bond motifs is 1. The van der Waals surface area contributed by atoms with Gasteiger partial charge in [0.25, 0.3) is 5.56 Å². The fourth-order valence-electron chi connectivity index (χ4n) is 2.75. The molecule has 0 saturated heterocycles. The fraction of sp³-hybridized carbons (Fsp3) is 0.250. The maximum atomic E-state index is 12.5. The number of nitrogens with zero attached hydrogens (tertiary/aromatic N) is 2. The van der Waals surface area contributed by atoms with Gasteiger partial charge in [-0.1, -0.05) is 6.07 Å². The van der Waals surface area contributed by atoms with Crippen LogP contribution in [0.15, 0.2) is 23.0 Å². The molecule has 0 radical (unpaired) electrons. The highest BCUT2D eigenvalue weighted by atomic mass is 32.1. The second kappa shape index (κ2) is 7.64. The Morgan fingerprint density at radius 3 is 2.81 bits per heavy atom. The minimum atomic E-state index is -0.234. The highest BCUT2D eigenvalue weighted by molar-refractivity contribution is 7.18. The van der Waals surface area contributed by atoms with Gasteiger partial charge in [0.2, 0.25) is 0 Å². The van der Waals surface area contributed by atoms with Crippen LogP contribution in [-0.4, -0.2) is 23.7 Å². The Hall–Kier alpha value is -3.11. The molecule has 0 spiro atoms. The van der Waals surface area contributed by atoms with Gasteiger partial charge >= 0.3 is 0 Å². The van der Waals surface area contributed by atoms with E-state index in [9.17, 15) is 10.1 Å². The van der Waals surface area contributed by atoms with Crippen molar-refractivity contribution in [2.75, 3.05) is 13.7 Å². The average Bonchev–Trinajstić information content (AvgIpc) is 2.94. The van der Waals surface area contributed by atoms with Gasteiger partial charge in [0.15, 0.2) is 17.3 Å². The Labute approximate surface area is 160 Å². The summed E-state index contributed by atoms with van der Waals surface area (Å²) in [6.45, 7) is 6.24. The molecular formula is C20H19N3O3S. The van der Waals surface area contributed by atoms with Crippen molar-refractivity contribution >= 4 is 33.2 Å². The number of aryl methyl sites for hydroxylation is 2. The third kappa shape index (κ3) is 3.57. The predicted octanol–water partition coefficient (Wildman–Crippen LogP) is 4.07. The fourth-order valence-corrected chi connectivity index (χ4v) is 3.78. The number of hydrogen-bond donors (Lipinski definition) is 1. The first-order valence-corrected chi connectivity index (χ1v) is 9.23. The molecule has 3 aromatic rings. The van der Waals surface area contributed by atoms with Gasteiger partial charge in [-0.25, -0.2) is 4.98 Å². The molecule has 2 aromatic heterocycles. The number of hydrogen-bond acceptors (Lipinski definition) is 6. The molecule has 27 heavy (non-hydrogen) atoms. The lowest BCUT2D eigenvalue weighted by Crippen LogP contribution is -2.10. The summed E-state index contributed by atoms with van der Waals surface area (Å²) in [6, 6.07) is 7.50. The third-order valence-electron chi connectivity index (χ3n) is 4.21. The quantitative estimate of drug-likeness (QED) is 0.673. The summed E-state index contributed by atoms with van der Waals surface area (Å²) in [4.78, 5) is 21.4. The zero-order chi connectivity index (χ0) is 19.6. The number of nitrogens with one attached hydrogen (secondary N) is 1. The monoisotopic (exact) mass is 381 g/mol. The first-order valence-electron chi connectivity index (χ1n) is 8.41. The number of aromatic amines is 1. The maximum absolute atomic E-state index is 12.5. The Kier molecular flexibility index (Phi) is 5.28. The number of thiophene rings is 1. The first-order chi connectivity index (χ1) is 13.0. The summed E-state index contributed by atoms with van der Waals surface area (Å²) in [5, 5.41) is 10.2. The predicted molar refractivity (Wildman–Crippen MR) is 107 cm³/mol. The molecule has 0 aliphatic carbocycles. The van der Waals surface area contributed by atoms with Crippen LogP contribution >= 0.6 is 11.3 Å². The van der Waals surface area contributed by atoms with E-state index in [1.807, 2.05) is 26.8 Å². The molecule has 1 N–H and O–H groups in total. The molecule has 0 bridgehead atoms. The largest absolute Gasteiger partial charge is 0.493 e. The van der Waals surface area contributed by atoms with Crippen molar-refractivity contribution in [2.24, 2.45) is 0 Å². The molecule has 3 rings (SSSR count). The number of H-pyrrole nitrogens is 1. The van der Waals surface area contributed by atoms with E-state index in [1.165, 1.54) is 11.3 Å². The topological polar surface area (TPSA) is 88.0 Å². The summed E-state index contributed by atoms with van der Waals surface area (Å²) in [5.74, 6) is 1.46. The second-order valence-electron chi connectivity index (χ2n) is 5.89. The smallest absolute Gasteiger partial charge is 0.260 e. The zero-order valence-electron chi connectivity index (χ0n) is 15.5. The lowest BCUT2D eigenvalue weighted by atomic mass is 10.1. The van der Waals surface area contributed by atoms with Crippen LogP contribution in [0.25, 0.3) is 21.9 Å². The molecule has 2 heterocycles. The van der Waals surface area contributed by atoms with Crippen LogP contribution in [0.5, 0.6) is 11.5 Å². The highest BCUT2D eigenvalue weighted by Crippen LogP contribution is 2.30. The van der Waals surface area contributed by atoms with Crippen LogP contribution in [0, 0.1) is 25.2 Å². The molecule has 138 valence electrons. The van der Waals surface area contributed by atoms with Crippen molar-refractivity contribution in [3.63, 3.8) is 0 Å². The number of benzene rings is 1. The second-order valence-corrected chi connectivity index (χ2v) is 7.09. The van der Waals surface area contributed by atoms with E-state index in [4.69, 9.17) is 9.47 Å². The Morgan fingerprint density at radius 2 is 2.15 bits per heavy atom. The van der Waals surface area contributed by atoms with Gasteiger partial charge in [0, 0.05) is 4.88 Å². The van der Waals surface area contributed by atoms with Gasteiger partial charge in [-0.3, -0.25) is 4.79 Å². The van der Waals surface area contributed by atoms with Gasteiger partial charge < -0.3 is 14.5 Å². The number of methoxy groups -OCH3 is 1. The number of ether oxygens (including phenoxy) is 2. The molecule has 0 saturated carbocycles. The summed E-state index contributed by atoms with van der Waals surface area (Å²) in [5.41, 5.74) is 1.71. The van der Waals surface area contributed by atoms with Crippen molar-refractivity contribution in [1.29, 1.82) is 5.26 Å². The molecule has 0 atom stereocenters. The normalized spacial score (nSPS) is 11.4. The van der Waals surface area contributed by atoms with Gasteiger partial charge in [-0.15, -0.1) is 11.3 Å². The zero-order valence-corrected chi connectivity index (χ0v) is 16.4. The SMILES string of the molecule is CCOc1cc(/C=C(\C#N)c2nc3sc(C)c(C)c3c(=O)[nH]2)ccc1OC. The molecule has 6 nitrogen and oxygen atoms in total. The van der Waals surface area contributed by atoms with E-state index in [0.29, 0.717) is 28.3 Å². The maximum Gasteiger partial charge on any atom is 0.260 e.